The number of pyridine rings is 1. The molecule has 1 aromatic heterocycles. The third-order valence-electron chi connectivity index (χ3n) is 8.97. The molecule has 0 amide bonds. The molecule has 3 aromatic rings. The second kappa shape index (κ2) is 14.9. The first kappa shape index (κ1) is 35.1. The molecule has 0 spiro atoms. The van der Waals surface area contributed by atoms with E-state index in [1.807, 2.05) is 24.3 Å². The number of piperidine rings is 1. The van der Waals surface area contributed by atoms with E-state index < -0.39 is 22.4 Å². The van der Waals surface area contributed by atoms with E-state index in [1.54, 1.807) is 33.0 Å². The second-order valence-corrected chi connectivity index (χ2v) is 14.1. The molecule has 2 fully saturated rings. The molecule has 0 unspecified atom stereocenters. The SMILES string of the molecule is CC[C@H]1CN(c2ncc(Nc3c(NCC(=O)OC(C)(C)C)c(=O)c3=O)cc2Cl)CCN1C1CCN([C@H](CO)c2ccc(Cl)cc2)CC1. The summed E-state index contributed by atoms with van der Waals surface area (Å²) in [5, 5.41) is 17.0. The Balaban J connectivity index is 1.17. The van der Waals surface area contributed by atoms with Crippen molar-refractivity contribution in [2.75, 3.05) is 61.4 Å². The molecule has 2 aliphatic heterocycles. The van der Waals surface area contributed by atoms with Crippen molar-refractivity contribution in [3.05, 3.63) is 72.6 Å². The summed E-state index contributed by atoms with van der Waals surface area (Å²) in [6, 6.07) is 10.2. The van der Waals surface area contributed by atoms with Crippen LogP contribution in [0.15, 0.2) is 46.1 Å². The maximum absolute atomic E-state index is 12.3. The number of piperazine rings is 1. The monoisotopic (exact) mass is 686 g/mol. The molecule has 2 saturated heterocycles. The van der Waals surface area contributed by atoms with Gasteiger partial charge in [-0.2, -0.15) is 0 Å². The summed E-state index contributed by atoms with van der Waals surface area (Å²) in [5.74, 6) is 0.137. The third-order valence-corrected chi connectivity index (χ3v) is 9.50. The Morgan fingerprint density at radius 1 is 1.06 bits per heavy atom. The molecule has 0 aliphatic carbocycles. The van der Waals surface area contributed by atoms with Crippen LogP contribution in [0.25, 0.3) is 0 Å². The third kappa shape index (κ3) is 8.26. The summed E-state index contributed by atoms with van der Waals surface area (Å²) in [7, 11) is 0. The molecule has 5 rings (SSSR count). The van der Waals surface area contributed by atoms with E-state index in [4.69, 9.17) is 27.9 Å². The number of anilines is 4. The number of esters is 1. The molecular weight excluding hydrogens is 643 g/mol. The highest BCUT2D eigenvalue weighted by atomic mass is 35.5. The fraction of sp³-hybridized carbons (Fsp3) is 0.529. The number of aromatic nitrogens is 1. The van der Waals surface area contributed by atoms with Crippen molar-refractivity contribution in [3.63, 3.8) is 0 Å². The number of rotatable bonds is 11. The van der Waals surface area contributed by atoms with E-state index in [-0.39, 0.29) is 30.6 Å². The minimum Gasteiger partial charge on any atom is -0.459 e. The molecular formula is C34H44Cl2N6O5. The molecule has 2 aromatic carbocycles. The average molecular weight is 688 g/mol. The molecule has 0 radical (unpaired) electrons. The highest BCUT2D eigenvalue weighted by Gasteiger charge is 2.35. The van der Waals surface area contributed by atoms with Crippen LogP contribution in [0.1, 0.15) is 58.6 Å². The van der Waals surface area contributed by atoms with Gasteiger partial charge in [0.05, 0.1) is 29.6 Å². The minimum atomic E-state index is -0.698. The van der Waals surface area contributed by atoms with Crippen molar-refractivity contribution >= 4 is 52.1 Å². The van der Waals surface area contributed by atoms with Gasteiger partial charge in [-0.1, -0.05) is 42.3 Å². The predicted molar refractivity (Wildman–Crippen MR) is 187 cm³/mol. The molecule has 0 saturated carbocycles. The second-order valence-electron chi connectivity index (χ2n) is 13.3. The standard InChI is InChI=1S/C34H44Cl2N6O5/c1-5-24-19-41(14-15-42(24)25-10-12-40(13-11-25)27(20-43)21-6-8-22(35)9-7-21)33-26(36)16-23(17-38-33)39-30-29(31(45)32(30)46)37-18-28(44)47-34(2,3)4/h6-9,16-17,24-25,27,37,39,43H,5,10-15,18-20H2,1-4H3/t24-,27+/m0/s1. The zero-order chi connectivity index (χ0) is 33.9. The van der Waals surface area contributed by atoms with Gasteiger partial charge in [0.1, 0.15) is 29.3 Å². The van der Waals surface area contributed by atoms with Gasteiger partial charge in [-0.3, -0.25) is 24.2 Å². The van der Waals surface area contributed by atoms with Crippen molar-refractivity contribution < 1.29 is 14.6 Å². The van der Waals surface area contributed by atoms with E-state index in [0.29, 0.717) is 33.6 Å². The van der Waals surface area contributed by atoms with Crippen LogP contribution >= 0.6 is 23.2 Å². The molecule has 3 N–H and O–H groups in total. The molecule has 3 heterocycles. The van der Waals surface area contributed by atoms with Gasteiger partial charge >= 0.3 is 5.97 Å². The fourth-order valence-corrected chi connectivity index (χ4v) is 7.06. The van der Waals surface area contributed by atoms with Crippen LogP contribution in [0, 0.1) is 0 Å². The Labute approximate surface area is 285 Å². The first-order valence-corrected chi connectivity index (χ1v) is 17.0. The van der Waals surface area contributed by atoms with Gasteiger partial charge in [-0.15, -0.1) is 0 Å². The number of aliphatic hydroxyl groups is 1. The smallest absolute Gasteiger partial charge is 0.325 e. The van der Waals surface area contributed by atoms with Gasteiger partial charge in [0.2, 0.25) is 0 Å². The van der Waals surface area contributed by atoms with Crippen LogP contribution in [0.3, 0.4) is 0 Å². The lowest BCUT2D eigenvalue weighted by atomic mass is 9.96. The van der Waals surface area contributed by atoms with Gasteiger partial charge in [-0.25, -0.2) is 4.98 Å². The van der Waals surface area contributed by atoms with Crippen LogP contribution in [-0.4, -0.2) is 89.4 Å². The van der Waals surface area contributed by atoms with E-state index in [1.165, 1.54) is 0 Å². The maximum atomic E-state index is 12.3. The normalized spacial score (nSPS) is 19.1. The van der Waals surface area contributed by atoms with Gasteiger partial charge in [0, 0.05) is 49.8 Å². The van der Waals surface area contributed by atoms with E-state index in [2.05, 4.69) is 37.2 Å². The zero-order valence-corrected chi connectivity index (χ0v) is 28.9. The maximum Gasteiger partial charge on any atom is 0.325 e. The van der Waals surface area contributed by atoms with Crippen molar-refractivity contribution in [3.8, 4) is 0 Å². The largest absolute Gasteiger partial charge is 0.459 e. The van der Waals surface area contributed by atoms with Crippen LogP contribution < -0.4 is 26.4 Å². The van der Waals surface area contributed by atoms with Crippen molar-refractivity contribution in [1.29, 1.82) is 0 Å². The first-order valence-electron chi connectivity index (χ1n) is 16.2. The number of carbonyl (C=O) groups is 1. The summed E-state index contributed by atoms with van der Waals surface area (Å²) in [6.45, 7) is 11.6. The summed E-state index contributed by atoms with van der Waals surface area (Å²) in [6.07, 6.45) is 4.65. The molecule has 13 heteroatoms. The molecule has 254 valence electrons. The number of aliphatic hydroxyl groups excluding tert-OH is 1. The number of ether oxygens (including phenoxy) is 1. The number of nitrogens with one attached hydrogen (secondary N) is 2. The average Bonchev–Trinajstić information content (AvgIpc) is 3.04. The number of likely N-dealkylation sites (tertiary alicyclic amines) is 1. The van der Waals surface area contributed by atoms with Gasteiger partial charge < -0.3 is 25.4 Å². The molecule has 47 heavy (non-hydrogen) atoms. The summed E-state index contributed by atoms with van der Waals surface area (Å²) in [5.41, 5.74) is -0.399. The number of hydrogen-bond donors (Lipinski definition) is 3. The minimum absolute atomic E-state index is 0.0306. The van der Waals surface area contributed by atoms with Gasteiger partial charge in [0.15, 0.2) is 0 Å². The summed E-state index contributed by atoms with van der Waals surface area (Å²) < 4.78 is 5.26. The quantitative estimate of drug-likeness (QED) is 0.194. The predicted octanol–water partition coefficient (Wildman–Crippen LogP) is 4.58. The van der Waals surface area contributed by atoms with Crippen molar-refractivity contribution in [2.45, 2.75) is 70.7 Å². The Kier molecular flexibility index (Phi) is 11.1. The lowest BCUT2D eigenvalue weighted by molar-refractivity contribution is -0.152. The lowest BCUT2D eigenvalue weighted by Crippen LogP contribution is -2.58. The van der Waals surface area contributed by atoms with Crippen LogP contribution in [0.2, 0.25) is 10.0 Å². The van der Waals surface area contributed by atoms with Crippen LogP contribution in [-0.2, 0) is 9.53 Å². The Hall–Kier alpha value is -3.22. The zero-order valence-electron chi connectivity index (χ0n) is 27.4. The molecule has 2 aliphatic rings. The van der Waals surface area contributed by atoms with Crippen LogP contribution in [0.4, 0.5) is 22.9 Å². The Morgan fingerprint density at radius 2 is 1.74 bits per heavy atom. The number of carbonyl (C=O) groups excluding carboxylic acids is 1. The van der Waals surface area contributed by atoms with Gasteiger partial charge in [0.25, 0.3) is 10.9 Å². The number of benzene rings is 1. The lowest BCUT2D eigenvalue weighted by Gasteiger charge is -2.48. The van der Waals surface area contributed by atoms with Crippen LogP contribution in [0.5, 0.6) is 0 Å². The van der Waals surface area contributed by atoms with E-state index in [0.717, 1.165) is 57.5 Å². The highest BCUT2D eigenvalue weighted by Crippen LogP contribution is 2.33. The van der Waals surface area contributed by atoms with Crippen molar-refractivity contribution in [2.24, 2.45) is 0 Å². The number of nitrogens with zero attached hydrogens (tertiary/aromatic N) is 4. The fourth-order valence-electron chi connectivity index (χ4n) is 6.65. The Morgan fingerprint density at radius 3 is 2.36 bits per heavy atom. The first-order chi connectivity index (χ1) is 22.4. The molecule has 2 atom stereocenters. The summed E-state index contributed by atoms with van der Waals surface area (Å²) in [4.78, 5) is 48.4. The van der Waals surface area contributed by atoms with E-state index >= 15 is 0 Å². The Bertz CT molecular complexity index is 1610. The number of hydrogen-bond acceptors (Lipinski definition) is 11. The van der Waals surface area contributed by atoms with Crippen molar-refractivity contribution in [1.82, 2.24) is 14.8 Å². The molecule has 11 nitrogen and oxygen atoms in total. The number of halogens is 2. The van der Waals surface area contributed by atoms with Gasteiger partial charge in [-0.05, 0) is 63.8 Å². The topological polar surface area (TPSA) is 127 Å². The molecule has 0 bridgehead atoms. The van der Waals surface area contributed by atoms with E-state index in [9.17, 15) is 19.5 Å². The highest BCUT2D eigenvalue weighted by molar-refractivity contribution is 6.33. The summed E-state index contributed by atoms with van der Waals surface area (Å²) >= 11 is 12.8.